The Hall–Kier alpha value is -2.74. The van der Waals surface area contributed by atoms with Crippen LogP contribution in [0.3, 0.4) is 0 Å². The van der Waals surface area contributed by atoms with Gasteiger partial charge in [0.1, 0.15) is 5.82 Å². The van der Waals surface area contributed by atoms with E-state index in [-0.39, 0.29) is 11.4 Å². The molecular formula is C23H22ClFN2O3S. The van der Waals surface area contributed by atoms with Gasteiger partial charge in [0.05, 0.1) is 11.4 Å². The summed E-state index contributed by atoms with van der Waals surface area (Å²) >= 11 is 6.05. The SMILES string of the molecule is Cc1ccc(S(=O)(=O)N(CC(=O)N(C)c2ccc(F)cc2)Cc2cccc(Cl)c2)cc1. The molecule has 0 unspecified atom stereocenters. The maximum atomic E-state index is 13.3. The highest BCUT2D eigenvalue weighted by Gasteiger charge is 2.28. The number of anilines is 1. The number of hydrogen-bond acceptors (Lipinski definition) is 3. The second kappa shape index (κ2) is 9.60. The highest BCUT2D eigenvalue weighted by molar-refractivity contribution is 7.89. The van der Waals surface area contributed by atoms with E-state index in [1.54, 1.807) is 36.4 Å². The van der Waals surface area contributed by atoms with Crippen molar-refractivity contribution in [3.63, 3.8) is 0 Å². The average molecular weight is 461 g/mol. The van der Waals surface area contributed by atoms with Gasteiger partial charge in [-0.1, -0.05) is 41.4 Å². The number of carbonyl (C=O) groups excluding carboxylic acids is 1. The molecular weight excluding hydrogens is 439 g/mol. The van der Waals surface area contributed by atoms with E-state index in [4.69, 9.17) is 11.6 Å². The van der Waals surface area contributed by atoms with Crippen molar-refractivity contribution < 1.29 is 17.6 Å². The van der Waals surface area contributed by atoms with Crippen molar-refractivity contribution in [3.8, 4) is 0 Å². The van der Waals surface area contributed by atoms with Crippen molar-refractivity contribution in [1.29, 1.82) is 0 Å². The Morgan fingerprint density at radius 3 is 2.26 bits per heavy atom. The van der Waals surface area contributed by atoms with Crippen LogP contribution in [0.5, 0.6) is 0 Å². The van der Waals surface area contributed by atoms with Crippen molar-refractivity contribution >= 4 is 33.2 Å². The molecule has 0 saturated carbocycles. The van der Waals surface area contributed by atoms with Crippen LogP contribution >= 0.6 is 11.6 Å². The van der Waals surface area contributed by atoms with Crippen molar-refractivity contribution in [2.75, 3.05) is 18.5 Å². The minimum atomic E-state index is -3.96. The van der Waals surface area contributed by atoms with Crippen LogP contribution in [0.25, 0.3) is 0 Å². The van der Waals surface area contributed by atoms with Crippen LogP contribution in [0.2, 0.25) is 5.02 Å². The van der Waals surface area contributed by atoms with Gasteiger partial charge in [-0.2, -0.15) is 4.31 Å². The molecule has 0 aliphatic carbocycles. The molecule has 31 heavy (non-hydrogen) atoms. The van der Waals surface area contributed by atoms with E-state index in [1.165, 1.54) is 48.3 Å². The molecule has 0 atom stereocenters. The van der Waals surface area contributed by atoms with E-state index >= 15 is 0 Å². The van der Waals surface area contributed by atoms with E-state index in [0.717, 1.165) is 9.87 Å². The van der Waals surface area contributed by atoms with Gasteiger partial charge < -0.3 is 4.90 Å². The second-order valence-electron chi connectivity index (χ2n) is 7.15. The zero-order valence-corrected chi connectivity index (χ0v) is 18.7. The smallest absolute Gasteiger partial charge is 0.243 e. The second-order valence-corrected chi connectivity index (χ2v) is 9.52. The average Bonchev–Trinajstić information content (AvgIpc) is 2.73. The summed E-state index contributed by atoms with van der Waals surface area (Å²) in [6.45, 7) is 1.44. The van der Waals surface area contributed by atoms with Gasteiger partial charge in [-0.15, -0.1) is 0 Å². The van der Waals surface area contributed by atoms with Crippen LogP contribution < -0.4 is 4.90 Å². The van der Waals surface area contributed by atoms with Crippen LogP contribution in [-0.4, -0.2) is 32.2 Å². The third-order valence-electron chi connectivity index (χ3n) is 4.81. The molecule has 0 heterocycles. The first-order chi connectivity index (χ1) is 14.7. The van der Waals surface area contributed by atoms with E-state index in [1.807, 2.05) is 6.92 Å². The summed E-state index contributed by atoms with van der Waals surface area (Å²) in [5.41, 5.74) is 2.04. The lowest BCUT2D eigenvalue weighted by atomic mass is 10.2. The van der Waals surface area contributed by atoms with Gasteiger partial charge >= 0.3 is 0 Å². The first-order valence-corrected chi connectivity index (χ1v) is 11.3. The van der Waals surface area contributed by atoms with Crippen molar-refractivity contribution in [2.24, 2.45) is 0 Å². The minimum Gasteiger partial charge on any atom is -0.314 e. The molecule has 3 rings (SSSR count). The Morgan fingerprint density at radius 2 is 1.65 bits per heavy atom. The molecule has 8 heteroatoms. The van der Waals surface area contributed by atoms with E-state index in [2.05, 4.69) is 0 Å². The number of rotatable bonds is 7. The maximum Gasteiger partial charge on any atom is 0.243 e. The number of halogens is 2. The molecule has 0 N–H and O–H groups in total. The Bertz CT molecular complexity index is 1170. The van der Waals surface area contributed by atoms with Gasteiger partial charge in [0, 0.05) is 24.3 Å². The maximum absolute atomic E-state index is 13.3. The Morgan fingerprint density at radius 1 is 1.00 bits per heavy atom. The molecule has 0 fully saturated rings. The number of aryl methyl sites for hydroxylation is 1. The molecule has 0 radical (unpaired) electrons. The summed E-state index contributed by atoms with van der Waals surface area (Å²) in [7, 11) is -2.44. The first-order valence-electron chi connectivity index (χ1n) is 9.50. The number of carbonyl (C=O) groups is 1. The monoisotopic (exact) mass is 460 g/mol. The van der Waals surface area contributed by atoms with Crippen LogP contribution in [0, 0.1) is 12.7 Å². The third kappa shape index (κ3) is 5.70. The predicted molar refractivity (Wildman–Crippen MR) is 120 cm³/mol. The number of nitrogens with zero attached hydrogens (tertiary/aromatic N) is 2. The van der Waals surface area contributed by atoms with E-state index in [0.29, 0.717) is 16.3 Å². The lowest BCUT2D eigenvalue weighted by Gasteiger charge is -2.25. The van der Waals surface area contributed by atoms with Crippen LogP contribution in [0.4, 0.5) is 10.1 Å². The number of sulfonamides is 1. The first kappa shape index (κ1) is 22.9. The lowest BCUT2D eigenvalue weighted by Crippen LogP contribution is -2.41. The molecule has 0 bridgehead atoms. The molecule has 0 spiro atoms. The van der Waals surface area contributed by atoms with Crippen LogP contribution in [0.1, 0.15) is 11.1 Å². The van der Waals surface area contributed by atoms with Crippen molar-refractivity contribution in [2.45, 2.75) is 18.4 Å². The number of benzene rings is 3. The van der Waals surface area contributed by atoms with Gasteiger partial charge in [-0.3, -0.25) is 4.79 Å². The molecule has 0 aliphatic rings. The van der Waals surface area contributed by atoms with Gasteiger partial charge in [0.2, 0.25) is 15.9 Å². The van der Waals surface area contributed by atoms with Crippen LogP contribution in [0.15, 0.2) is 77.7 Å². The molecule has 0 aromatic heterocycles. The van der Waals surface area contributed by atoms with Crippen molar-refractivity contribution in [1.82, 2.24) is 4.31 Å². The van der Waals surface area contributed by atoms with Gasteiger partial charge in [-0.05, 0) is 61.0 Å². The fraction of sp³-hybridized carbons (Fsp3) is 0.174. The summed E-state index contributed by atoms with van der Waals surface area (Å²) in [6.07, 6.45) is 0. The van der Waals surface area contributed by atoms with Gasteiger partial charge in [0.15, 0.2) is 0 Å². The quantitative estimate of drug-likeness (QED) is 0.516. The molecule has 1 amide bonds. The normalized spacial score (nSPS) is 11.5. The zero-order chi connectivity index (χ0) is 22.6. The summed E-state index contributed by atoms with van der Waals surface area (Å²) in [5.74, 6) is -0.876. The molecule has 3 aromatic carbocycles. The molecule has 162 valence electrons. The number of likely N-dealkylation sites (N-methyl/N-ethyl adjacent to an activating group) is 1. The Kier molecular flexibility index (Phi) is 7.10. The van der Waals surface area contributed by atoms with Crippen molar-refractivity contribution in [3.05, 3.63) is 94.8 Å². The zero-order valence-electron chi connectivity index (χ0n) is 17.1. The Labute approximate surface area is 186 Å². The lowest BCUT2D eigenvalue weighted by molar-refractivity contribution is -0.118. The Balaban J connectivity index is 1.92. The largest absolute Gasteiger partial charge is 0.314 e. The topological polar surface area (TPSA) is 57.7 Å². The molecule has 5 nitrogen and oxygen atoms in total. The predicted octanol–water partition coefficient (Wildman–Crippen LogP) is 4.64. The molecule has 3 aromatic rings. The van der Waals surface area contributed by atoms with E-state index in [9.17, 15) is 17.6 Å². The fourth-order valence-corrected chi connectivity index (χ4v) is 4.58. The van der Waals surface area contributed by atoms with Gasteiger partial charge in [0.25, 0.3) is 0 Å². The highest BCUT2D eigenvalue weighted by atomic mass is 35.5. The summed E-state index contributed by atoms with van der Waals surface area (Å²) in [6, 6.07) is 18.7. The number of hydrogen-bond donors (Lipinski definition) is 0. The third-order valence-corrected chi connectivity index (χ3v) is 6.85. The van der Waals surface area contributed by atoms with Gasteiger partial charge in [-0.25, -0.2) is 12.8 Å². The molecule has 0 aliphatic heterocycles. The summed E-state index contributed by atoms with van der Waals surface area (Å²) in [5, 5.41) is 0.472. The fourth-order valence-electron chi connectivity index (χ4n) is 2.99. The van der Waals surface area contributed by atoms with Crippen LogP contribution in [-0.2, 0) is 21.4 Å². The summed E-state index contributed by atoms with van der Waals surface area (Å²) < 4.78 is 41.0. The highest BCUT2D eigenvalue weighted by Crippen LogP contribution is 2.22. The minimum absolute atomic E-state index is 0.0280. The van der Waals surface area contributed by atoms with E-state index < -0.39 is 28.3 Å². The molecule has 0 saturated heterocycles. The number of amides is 1. The summed E-state index contributed by atoms with van der Waals surface area (Å²) in [4.78, 5) is 14.3. The standard InChI is InChI=1S/C23H22ClFN2O3S/c1-17-6-12-22(13-7-17)31(29,30)27(15-18-4-3-5-19(24)14-18)16-23(28)26(2)21-10-8-20(25)9-11-21/h3-14H,15-16H2,1-2H3.